The molecule has 0 heterocycles. The second-order valence-corrected chi connectivity index (χ2v) is 5.85. The third-order valence-corrected chi connectivity index (χ3v) is 4.30. The fourth-order valence-electron chi connectivity index (χ4n) is 2.88. The van der Waals surface area contributed by atoms with Gasteiger partial charge in [0.1, 0.15) is 6.10 Å². The van der Waals surface area contributed by atoms with Crippen molar-refractivity contribution in [1.29, 1.82) is 0 Å². The van der Waals surface area contributed by atoms with Crippen LogP contribution in [0.1, 0.15) is 52.4 Å². The minimum absolute atomic E-state index is 0.0430. The third-order valence-electron chi connectivity index (χ3n) is 4.30. The zero-order chi connectivity index (χ0) is 12.3. The maximum Gasteiger partial charge on any atom is 0.309 e. The van der Waals surface area contributed by atoms with Crippen molar-refractivity contribution in [1.82, 2.24) is 0 Å². The molecule has 2 nitrogen and oxygen atoms in total. The summed E-state index contributed by atoms with van der Waals surface area (Å²) in [6.45, 7) is 4.43. The monoisotopic (exact) mass is 236 g/mol. The first-order chi connectivity index (χ1) is 8.16. The molecule has 0 aromatic rings. The van der Waals surface area contributed by atoms with E-state index in [4.69, 9.17) is 4.74 Å². The van der Waals surface area contributed by atoms with Crippen LogP contribution in [0.2, 0.25) is 0 Å². The number of hydrogen-bond donors (Lipinski definition) is 0. The zero-order valence-electron chi connectivity index (χ0n) is 11.0. The summed E-state index contributed by atoms with van der Waals surface area (Å²) in [5.74, 6) is 1.39. The first-order valence-corrected chi connectivity index (χ1v) is 7.02. The molecule has 1 fully saturated rings. The van der Waals surface area contributed by atoms with Gasteiger partial charge in [0.05, 0.1) is 5.92 Å². The van der Waals surface area contributed by atoms with Crippen molar-refractivity contribution in [3.05, 3.63) is 12.2 Å². The summed E-state index contributed by atoms with van der Waals surface area (Å²) >= 11 is 0. The molecule has 0 radical (unpaired) electrons. The van der Waals surface area contributed by atoms with Gasteiger partial charge in [0.25, 0.3) is 0 Å². The Morgan fingerprint density at radius 1 is 1.06 bits per heavy atom. The summed E-state index contributed by atoms with van der Waals surface area (Å²) in [7, 11) is 0. The van der Waals surface area contributed by atoms with E-state index < -0.39 is 0 Å². The molecule has 17 heavy (non-hydrogen) atoms. The molecule has 96 valence electrons. The normalized spacial score (nSPS) is 37.8. The molecule has 0 aromatic heterocycles. The lowest BCUT2D eigenvalue weighted by molar-refractivity contribution is -0.157. The maximum atomic E-state index is 12.1. The van der Waals surface area contributed by atoms with E-state index in [1.165, 1.54) is 12.8 Å². The van der Waals surface area contributed by atoms with E-state index in [0.29, 0.717) is 5.92 Å². The highest BCUT2D eigenvalue weighted by molar-refractivity contribution is 5.73. The zero-order valence-corrected chi connectivity index (χ0v) is 11.0. The topological polar surface area (TPSA) is 26.3 Å². The minimum Gasteiger partial charge on any atom is -0.462 e. The standard InChI is InChI=1S/C15H24O2/c1-11-7-9-13(10-8-11)17-15(16)14-6-4-3-5-12(14)2/h3-4,11-14H,5-10H2,1-2H3/t11?,12-,13?,14-/m0/s1. The van der Waals surface area contributed by atoms with Crippen molar-refractivity contribution < 1.29 is 9.53 Å². The van der Waals surface area contributed by atoms with E-state index >= 15 is 0 Å². The summed E-state index contributed by atoms with van der Waals surface area (Å²) < 4.78 is 5.68. The van der Waals surface area contributed by atoms with E-state index in [9.17, 15) is 4.79 Å². The Morgan fingerprint density at radius 3 is 2.35 bits per heavy atom. The van der Waals surface area contributed by atoms with E-state index in [2.05, 4.69) is 26.0 Å². The number of ether oxygens (including phenoxy) is 1. The van der Waals surface area contributed by atoms with Gasteiger partial charge in [-0.05, 0) is 50.4 Å². The fraction of sp³-hybridized carbons (Fsp3) is 0.800. The lowest BCUT2D eigenvalue weighted by atomic mass is 9.84. The third kappa shape index (κ3) is 3.34. The average Bonchev–Trinajstić information content (AvgIpc) is 2.32. The molecule has 0 amide bonds. The highest BCUT2D eigenvalue weighted by Gasteiger charge is 2.30. The Kier molecular flexibility index (Phi) is 4.25. The van der Waals surface area contributed by atoms with Gasteiger partial charge in [-0.15, -0.1) is 0 Å². The van der Waals surface area contributed by atoms with E-state index in [1.54, 1.807) is 0 Å². The largest absolute Gasteiger partial charge is 0.462 e. The molecule has 2 aliphatic rings. The van der Waals surface area contributed by atoms with Crippen molar-refractivity contribution in [2.75, 3.05) is 0 Å². The number of esters is 1. The van der Waals surface area contributed by atoms with Gasteiger partial charge >= 0.3 is 5.97 Å². The Hall–Kier alpha value is -0.790. The van der Waals surface area contributed by atoms with E-state index in [1.807, 2.05) is 0 Å². The first kappa shape index (κ1) is 12.7. The van der Waals surface area contributed by atoms with Crippen LogP contribution in [0, 0.1) is 17.8 Å². The Balaban J connectivity index is 1.82. The van der Waals surface area contributed by atoms with Crippen molar-refractivity contribution in [3.8, 4) is 0 Å². The number of rotatable bonds is 2. The van der Waals surface area contributed by atoms with E-state index in [0.717, 1.165) is 31.6 Å². The summed E-state index contributed by atoms with van der Waals surface area (Å²) in [6.07, 6.45) is 10.9. The van der Waals surface area contributed by atoms with Crippen LogP contribution >= 0.6 is 0 Å². The number of carbonyl (C=O) groups is 1. The number of carbonyl (C=O) groups excluding carboxylic acids is 1. The van der Waals surface area contributed by atoms with Gasteiger partial charge in [-0.25, -0.2) is 0 Å². The lowest BCUT2D eigenvalue weighted by Gasteiger charge is -2.29. The van der Waals surface area contributed by atoms with Crippen LogP contribution in [0.25, 0.3) is 0 Å². The molecule has 0 spiro atoms. The molecule has 1 saturated carbocycles. The first-order valence-electron chi connectivity index (χ1n) is 7.02. The van der Waals surface area contributed by atoms with Gasteiger partial charge in [-0.3, -0.25) is 4.79 Å². The van der Waals surface area contributed by atoms with Crippen molar-refractivity contribution in [2.45, 2.75) is 58.5 Å². The molecule has 0 bridgehead atoms. The van der Waals surface area contributed by atoms with Gasteiger partial charge in [-0.1, -0.05) is 26.0 Å². The Morgan fingerprint density at radius 2 is 1.71 bits per heavy atom. The lowest BCUT2D eigenvalue weighted by Crippen LogP contribution is -2.31. The van der Waals surface area contributed by atoms with Crippen LogP contribution in [0.15, 0.2) is 12.2 Å². The second kappa shape index (κ2) is 5.70. The molecule has 0 saturated heterocycles. The molecule has 2 rings (SSSR count). The highest BCUT2D eigenvalue weighted by atomic mass is 16.5. The van der Waals surface area contributed by atoms with Crippen LogP contribution in [0.3, 0.4) is 0 Å². The van der Waals surface area contributed by atoms with Crippen LogP contribution < -0.4 is 0 Å². The molecular formula is C15H24O2. The predicted octanol–water partition coefficient (Wildman–Crippen LogP) is 3.71. The van der Waals surface area contributed by atoms with Crippen molar-refractivity contribution in [3.63, 3.8) is 0 Å². The van der Waals surface area contributed by atoms with Gasteiger partial charge in [0.15, 0.2) is 0 Å². The predicted molar refractivity (Wildman–Crippen MR) is 68.5 cm³/mol. The maximum absolute atomic E-state index is 12.1. The minimum atomic E-state index is 0.0430. The number of hydrogen-bond acceptors (Lipinski definition) is 2. The number of allylic oxidation sites excluding steroid dienone is 2. The SMILES string of the molecule is CC1CCC(OC(=O)[C@H]2CC=CC[C@@H]2C)CC1. The summed E-state index contributed by atoms with van der Waals surface area (Å²) in [5.41, 5.74) is 0. The smallest absolute Gasteiger partial charge is 0.309 e. The van der Waals surface area contributed by atoms with E-state index in [-0.39, 0.29) is 18.0 Å². The average molecular weight is 236 g/mol. The molecule has 2 atom stereocenters. The van der Waals surface area contributed by atoms with Crippen LogP contribution in [0.4, 0.5) is 0 Å². The summed E-state index contributed by atoms with van der Waals surface area (Å²) in [5, 5.41) is 0. The second-order valence-electron chi connectivity index (χ2n) is 5.85. The van der Waals surface area contributed by atoms with Crippen LogP contribution in [-0.2, 0) is 9.53 Å². The van der Waals surface area contributed by atoms with Gasteiger partial charge in [0.2, 0.25) is 0 Å². The Bertz CT molecular complexity index is 287. The van der Waals surface area contributed by atoms with Gasteiger partial charge < -0.3 is 4.74 Å². The molecule has 2 aliphatic carbocycles. The molecule has 2 heteroatoms. The van der Waals surface area contributed by atoms with Crippen molar-refractivity contribution >= 4 is 5.97 Å². The van der Waals surface area contributed by atoms with Gasteiger partial charge in [0, 0.05) is 0 Å². The summed E-state index contributed by atoms with van der Waals surface area (Å²) in [6, 6.07) is 0. The Labute approximate surface area is 104 Å². The van der Waals surface area contributed by atoms with Crippen molar-refractivity contribution in [2.24, 2.45) is 17.8 Å². The van der Waals surface area contributed by atoms with Gasteiger partial charge in [-0.2, -0.15) is 0 Å². The molecule has 0 unspecified atom stereocenters. The quantitative estimate of drug-likeness (QED) is 0.539. The molecule has 0 N–H and O–H groups in total. The molecule has 0 aromatic carbocycles. The highest BCUT2D eigenvalue weighted by Crippen LogP contribution is 2.30. The molecular weight excluding hydrogens is 212 g/mol. The fourth-order valence-corrected chi connectivity index (χ4v) is 2.88. The van der Waals surface area contributed by atoms with Crippen LogP contribution in [0.5, 0.6) is 0 Å². The molecule has 0 aliphatic heterocycles. The summed E-state index contributed by atoms with van der Waals surface area (Å²) in [4.78, 5) is 12.1. The van der Waals surface area contributed by atoms with Crippen LogP contribution in [-0.4, -0.2) is 12.1 Å².